The molecular formula is C29H30N3+. The molecule has 0 N–H and O–H groups in total. The zero-order chi connectivity index (χ0) is 22.4. The first-order chi connectivity index (χ1) is 15.5. The van der Waals surface area contributed by atoms with Crippen molar-refractivity contribution in [1.29, 1.82) is 0 Å². The number of aromatic nitrogens is 1. The molecule has 3 aromatic carbocycles. The van der Waals surface area contributed by atoms with Gasteiger partial charge >= 0.3 is 0 Å². The van der Waals surface area contributed by atoms with Gasteiger partial charge in [-0.25, -0.2) is 4.57 Å². The lowest BCUT2D eigenvalue weighted by Gasteiger charge is -2.33. The Balaban J connectivity index is 1.69. The molecule has 0 spiro atoms. The summed E-state index contributed by atoms with van der Waals surface area (Å²) in [6, 6.07) is 28.4. The molecule has 0 bridgehead atoms. The molecule has 1 aromatic heterocycles. The van der Waals surface area contributed by atoms with E-state index in [0.29, 0.717) is 0 Å². The largest absolute Gasteiger partial charge is 0.318 e. The molecule has 0 fully saturated rings. The van der Waals surface area contributed by atoms with Crippen molar-refractivity contribution in [2.24, 2.45) is 7.05 Å². The fourth-order valence-corrected chi connectivity index (χ4v) is 5.18. The third-order valence-electron chi connectivity index (χ3n) is 6.72. The van der Waals surface area contributed by atoms with Gasteiger partial charge in [0.2, 0.25) is 5.69 Å². The summed E-state index contributed by atoms with van der Waals surface area (Å²) in [6.07, 6.45) is 2.27. The summed E-state index contributed by atoms with van der Waals surface area (Å²) in [4.78, 5) is 4.98. The number of pyridine rings is 1. The summed E-state index contributed by atoms with van der Waals surface area (Å²) >= 11 is 0. The quantitative estimate of drug-likeness (QED) is 0.340. The Morgan fingerprint density at radius 2 is 1.25 bits per heavy atom. The Kier molecular flexibility index (Phi) is 4.97. The van der Waals surface area contributed by atoms with Gasteiger partial charge in [0, 0.05) is 23.5 Å². The van der Waals surface area contributed by atoms with E-state index in [4.69, 9.17) is 0 Å². The second kappa shape index (κ2) is 7.83. The Bertz CT molecular complexity index is 1290. The van der Waals surface area contributed by atoms with Crippen LogP contribution in [0.4, 0.5) is 22.7 Å². The van der Waals surface area contributed by atoms with Crippen molar-refractivity contribution in [3.05, 3.63) is 102 Å². The number of rotatable bonds is 3. The maximum Gasteiger partial charge on any atom is 0.212 e. The topological polar surface area (TPSA) is 10.4 Å². The lowest BCUT2D eigenvalue weighted by atomic mass is 10.0. The lowest BCUT2D eigenvalue weighted by Crippen LogP contribution is -2.36. The van der Waals surface area contributed by atoms with Gasteiger partial charge < -0.3 is 9.80 Å². The fourth-order valence-electron chi connectivity index (χ4n) is 5.18. The minimum atomic E-state index is 0.158. The van der Waals surface area contributed by atoms with Crippen LogP contribution in [0.1, 0.15) is 23.6 Å². The van der Waals surface area contributed by atoms with Gasteiger partial charge in [-0.2, -0.15) is 0 Å². The number of hydrogen-bond donors (Lipinski definition) is 0. The number of fused-ring (bicyclic) bond motifs is 1. The van der Waals surface area contributed by atoms with Gasteiger partial charge in [0.15, 0.2) is 6.20 Å². The Morgan fingerprint density at radius 1 is 0.656 bits per heavy atom. The SMILES string of the molecule is Cc1cccc(C)c1N1c2ccccc2N(c2cccc(-c3cccc[n+]3C)c2C)[C@H]1C. The standard InChI is InChI=1S/C29H30N3/c1-20-12-10-13-21(2)29(20)32-23(4)31(27-16-6-7-17-28(27)32)25-18-11-14-24(22(25)3)26-15-8-9-19-30(26)5/h6-19,23H,1-5H3/q+1/t23-/m1/s1. The van der Waals surface area contributed by atoms with E-state index in [0.717, 1.165) is 0 Å². The van der Waals surface area contributed by atoms with Crippen LogP contribution >= 0.6 is 0 Å². The van der Waals surface area contributed by atoms with Crippen molar-refractivity contribution >= 4 is 22.7 Å². The van der Waals surface area contributed by atoms with Gasteiger partial charge in [0.05, 0.1) is 16.9 Å². The molecule has 4 aromatic rings. The van der Waals surface area contributed by atoms with Crippen molar-refractivity contribution < 1.29 is 4.57 Å². The average Bonchev–Trinajstić information content (AvgIpc) is 3.06. The molecule has 1 atom stereocenters. The third-order valence-corrected chi connectivity index (χ3v) is 6.72. The minimum Gasteiger partial charge on any atom is -0.318 e. The van der Waals surface area contributed by atoms with E-state index in [1.165, 1.54) is 50.7 Å². The van der Waals surface area contributed by atoms with E-state index in [2.05, 4.69) is 134 Å². The van der Waals surface area contributed by atoms with Gasteiger partial charge in [0.25, 0.3) is 0 Å². The van der Waals surface area contributed by atoms with E-state index < -0.39 is 0 Å². The van der Waals surface area contributed by atoms with E-state index in [9.17, 15) is 0 Å². The highest BCUT2D eigenvalue weighted by molar-refractivity contribution is 5.91. The van der Waals surface area contributed by atoms with E-state index in [1.807, 2.05) is 0 Å². The lowest BCUT2D eigenvalue weighted by molar-refractivity contribution is -0.660. The molecular weight excluding hydrogens is 390 g/mol. The maximum absolute atomic E-state index is 2.49. The second-order valence-electron chi connectivity index (χ2n) is 8.75. The second-order valence-corrected chi connectivity index (χ2v) is 8.75. The molecule has 1 aliphatic heterocycles. The molecule has 3 nitrogen and oxygen atoms in total. The highest BCUT2D eigenvalue weighted by Gasteiger charge is 2.36. The first-order valence-electron chi connectivity index (χ1n) is 11.3. The van der Waals surface area contributed by atoms with Crippen molar-refractivity contribution in [3.8, 4) is 11.3 Å². The van der Waals surface area contributed by atoms with Crippen molar-refractivity contribution in [1.82, 2.24) is 0 Å². The number of para-hydroxylation sites is 3. The predicted molar refractivity (Wildman–Crippen MR) is 134 cm³/mol. The van der Waals surface area contributed by atoms with E-state index in [1.54, 1.807) is 0 Å². The van der Waals surface area contributed by atoms with Gasteiger partial charge in [-0.15, -0.1) is 0 Å². The Labute approximate surface area is 191 Å². The van der Waals surface area contributed by atoms with Crippen LogP contribution in [0.2, 0.25) is 0 Å². The molecule has 2 heterocycles. The van der Waals surface area contributed by atoms with Crippen LogP contribution in [-0.4, -0.2) is 6.17 Å². The van der Waals surface area contributed by atoms with Crippen LogP contribution in [0.5, 0.6) is 0 Å². The number of anilines is 4. The van der Waals surface area contributed by atoms with Crippen LogP contribution in [0.3, 0.4) is 0 Å². The summed E-state index contributed by atoms with van der Waals surface area (Å²) < 4.78 is 2.19. The van der Waals surface area contributed by atoms with Crippen molar-refractivity contribution in [3.63, 3.8) is 0 Å². The summed E-state index contributed by atoms with van der Waals surface area (Å²) in [5.41, 5.74) is 11.4. The molecule has 0 unspecified atom stereocenters. The Hall–Kier alpha value is -3.59. The molecule has 160 valence electrons. The minimum absolute atomic E-state index is 0.158. The monoisotopic (exact) mass is 420 g/mol. The van der Waals surface area contributed by atoms with E-state index >= 15 is 0 Å². The molecule has 0 amide bonds. The van der Waals surface area contributed by atoms with Gasteiger partial charge in [0.1, 0.15) is 13.2 Å². The number of aryl methyl sites for hydroxylation is 3. The molecule has 3 heteroatoms. The van der Waals surface area contributed by atoms with E-state index in [-0.39, 0.29) is 6.17 Å². The highest BCUT2D eigenvalue weighted by Crippen LogP contribution is 2.50. The normalized spacial score (nSPS) is 15.2. The van der Waals surface area contributed by atoms with Crippen LogP contribution < -0.4 is 14.4 Å². The van der Waals surface area contributed by atoms with Gasteiger partial charge in [-0.05, 0) is 74.7 Å². The molecule has 0 saturated heterocycles. The molecule has 0 aliphatic carbocycles. The summed E-state index contributed by atoms with van der Waals surface area (Å²) in [6.45, 7) is 8.97. The van der Waals surface area contributed by atoms with Crippen LogP contribution in [0.25, 0.3) is 11.3 Å². The summed E-state index contributed by atoms with van der Waals surface area (Å²) in [7, 11) is 2.11. The molecule has 0 radical (unpaired) electrons. The molecule has 5 rings (SSSR count). The van der Waals surface area contributed by atoms with Crippen LogP contribution in [-0.2, 0) is 7.05 Å². The summed E-state index contributed by atoms with van der Waals surface area (Å²) in [5, 5.41) is 0. The number of nitrogens with zero attached hydrogens (tertiary/aromatic N) is 3. The zero-order valence-corrected chi connectivity index (χ0v) is 19.5. The zero-order valence-electron chi connectivity index (χ0n) is 19.5. The summed E-state index contributed by atoms with van der Waals surface area (Å²) in [5.74, 6) is 0. The molecule has 1 aliphatic rings. The molecule has 32 heavy (non-hydrogen) atoms. The first kappa shape index (κ1) is 20.3. The van der Waals surface area contributed by atoms with Crippen LogP contribution in [0.15, 0.2) is 85.1 Å². The van der Waals surface area contributed by atoms with Crippen LogP contribution in [0, 0.1) is 20.8 Å². The highest BCUT2D eigenvalue weighted by atomic mass is 15.4. The first-order valence-corrected chi connectivity index (χ1v) is 11.3. The number of benzene rings is 3. The third kappa shape index (κ3) is 3.08. The fraction of sp³-hybridized carbons (Fsp3) is 0.207. The van der Waals surface area contributed by atoms with Crippen molar-refractivity contribution in [2.45, 2.75) is 33.9 Å². The predicted octanol–water partition coefficient (Wildman–Crippen LogP) is 6.74. The smallest absolute Gasteiger partial charge is 0.212 e. The average molecular weight is 421 g/mol. The molecule has 0 saturated carbocycles. The van der Waals surface area contributed by atoms with Crippen molar-refractivity contribution in [2.75, 3.05) is 9.80 Å². The number of hydrogen-bond acceptors (Lipinski definition) is 2. The maximum atomic E-state index is 2.49. The Morgan fingerprint density at radius 3 is 1.94 bits per heavy atom. The van der Waals surface area contributed by atoms with Gasteiger partial charge in [-0.3, -0.25) is 0 Å². The van der Waals surface area contributed by atoms with Gasteiger partial charge in [-0.1, -0.05) is 36.4 Å².